The molecule has 0 atom stereocenters. The van der Waals surface area contributed by atoms with Gasteiger partial charge in [0.1, 0.15) is 0 Å². The zero-order valence-electron chi connectivity index (χ0n) is 12.1. The molecule has 2 rings (SSSR count). The van der Waals surface area contributed by atoms with Crippen LogP contribution in [0.5, 0.6) is 0 Å². The molecule has 106 valence electrons. The van der Waals surface area contributed by atoms with Gasteiger partial charge >= 0.3 is 0 Å². The molecule has 2 aromatic rings. The summed E-state index contributed by atoms with van der Waals surface area (Å²) in [6, 6.07) is 14.5. The molecule has 2 nitrogen and oxygen atoms in total. The summed E-state index contributed by atoms with van der Waals surface area (Å²) in [4.78, 5) is 2.24. The summed E-state index contributed by atoms with van der Waals surface area (Å²) in [7, 11) is 2.10. The molecule has 20 heavy (non-hydrogen) atoms. The van der Waals surface area contributed by atoms with E-state index in [9.17, 15) is 0 Å². The SMILES string of the molecule is Cc1cc(N(C)Cc2ccc(Cl)cc2)ccc1CCN. The molecule has 0 aliphatic rings. The van der Waals surface area contributed by atoms with Gasteiger partial charge in [0.15, 0.2) is 0 Å². The van der Waals surface area contributed by atoms with E-state index in [0.717, 1.165) is 18.0 Å². The van der Waals surface area contributed by atoms with E-state index >= 15 is 0 Å². The van der Waals surface area contributed by atoms with E-state index in [2.05, 4.69) is 49.2 Å². The molecule has 0 saturated heterocycles. The minimum Gasteiger partial charge on any atom is -0.370 e. The Labute approximate surface area is 126 Å². The maximum Gasteiger partial charge on any atom is 0.0426 e. The fraction of sp³-hybridized carbons (Fsp3) is 0.294. The van der Waals surface area contributed by atoms with E-state index in [1.807, 2.05) is 12.1 Å². The maximum absolute atomic E-state index is 5.91. The standard InChI is InChI=1S/C17H21ClN2/c1-13-11-17(8-5-15(13)9-10-19)20(2)12-14-3-6-16(18)7-4-14/h3-8,11H,9-10,12,19H2,1-2H3. The Kier molecular flexibility index (Phi) is 5.05. The van der Waals surface area contributed by atoms with Gasteiger partial charge in [-0.3, -0.25) is 0 Å². The lowest BCUT2D eigenvalue weighted by Gasteiger charge is -2.21. The normalized spacial score (nSPS) is 10.6. The zero-order chi connectivity index (χ0) is 14.5. The molecule has 2 aromatic carbocycles. The van der Waals surface area contributed by atoms with E-state index in [0.29, 0.717) is 6.54 Å². The molecule has 0 aromatic heterocycles. The third kappa shape index (κ3) is 3.75. The fourth-order valence-electron chi connectivity index (χ4n) is 2.31. The molecule has 0 fully saturated rings. The molecule has 2 N–H and O–H groups in total. The second-order valence-corrected chi connectivity index (χ2v) is 5.57. The van der Waals surface area contributed by atoms with E-state index in [-0.39, 0.29) is 0 Å². The molecule has 0 radical (unpaired) electrons. The molecular weight excluding hydrogens is 268 g/mol. The molecule has 0 aliphatic carbocycles. The molecule has 0 bridgehead atoms. The maximum atomic E-state index is 5.91. The van der Waals surface area contributed by atoms with Crippen LogP contribution < -0.4 is 10.6 Å². The van der Waals surface area contributed by atoms with Crippen LogP contribution in [-0.2, 0) is 13.0 Å². The van der Waals surface area contributed by atoms with Crippen LogP contribution in [0.2, 0.25) is 5.02 Å². The first-order chi connectivity index (χ1) is 9.60. The molecule has 0 heterocycles. The minimum atomic E-state index is 0.695. The monoisotopic (exact) mass is 288 g/mol. The second kappa shape index (κ2) is 6.78. The van der Waals surface area contributed by atoms with Gasteiger partial charge in [-0.1, -0.05) is 29.8 Å². The van der Waals surface area contributed by atoms with Crippen LogP contribution in [0.1, 0.15) is 16.7 Å². The average Bonchev–Trinajstić information content (AvgIpc) is 2.44. The van der Waals surface area contributed by atoms with Gasteiger partial charge in [-0.05, 0) is 60.8 Å². The topological polar surface area (TPSA) is 29.3 Å². The van der Waals surface area contributed by atoms with Crippen molar-refractivity contribution in [2.45, 2.75) is 19.9 Å². The highest BCUT2D eigenvalue weighted by Crippen LogP contribution is 2.20. The van der Waals surface area contributed by atoms with Gasteiger partial charge in [0.05, 0.1) is 0 Å². The summed E-state index contributed by atoms with van der Waals surface area (Å²) in [6.45, 7) is 3.71. The lowest BCUT2D eigenvalue weighted by molar-refractivity contribution is 0.915. The highest BCUT2D eigenvalue weighted by molar-refractivity contribution is 6.30. The number of rotatable bonds is 5. The van der Waals surface area contributed by atoms with Gasteiger partial charge in [0, 0.05) is 24.3 Å². The van der Waals surface area contributed by atoms with Gasteiger partial charge in [-0.15, -0.1) is 0 Å². The highest BCUT2D eigenvalue weighted by atomic mass is 35.5. The Hall–Kier alpha value is -1.51. The van der Waals surface area contributed by atoms with Crippen LogP contribution in [-0.4, -0.2) is 13.6 Å². The highest BCUT2D eigenvalue weighted by Gasteiger charge is 2.05. The molecule has 0 spiro atoms. The predicted molar refractivity (Wildman–Crippen MR) is 87.5 cm³/mol. The Morgan fingerprint density at radius 1 is 1.10 bits per heavy atom. The minimum absolute atomic E-state index is 0.695. The van der Waals surface area contributed by atoms with Crippen molar-refractivity contribution in [1.29, 1.82) is 0 Å². The van der Waals surface area contributed by atoms with Crippen molar-refractivity contribution < 1.29 is 0 Å². The number of halogens is 1. The van der Waals surface area contributed by atoms with Crippen LogP contribution in [0, 0.1) is 6.92 Å². The van der Waals surface area contributed by atoms with Crippen molar-refractivity contribution in [1.82, 2.24) is 0 Å². The first kappa shape index (κ1) is 14.9. The number of nitrogens with zero attached hydrogens (tertiary/aromatic N) is 1. The smallest absolute Gasteiger partial charge is 0.0426 e. The van der Waals surface area contributed by atoms with Crippen molar-refractivity contribution >= 4 is 17.3 Å². The lowest BCUT2D eigenvalue weighted by Crippen LogP contribution is -2.16. The summed E-state index contributed by atoms with van der Waals surface area (Å²) in [6.07, 6.45) is 0.938. The third-order valence-electron chi connectivity index (χ3n) is 3.51. The van der Waals surface area contributed by atoms with Gasteiger partial charge in [-0.2, -0.15) is 0 Å². The van der Waals surface area contributed by atoms with Gasteiger partial charge in [0.2, 0.25) is 0 Å². The number of benzene rings is 2. The van der Waals surface area contributed by atoms with Gasteiger partial charge in [-0.25, -0.2) is 0 Å². The number of hydrogen-bond donors (Lipinski definition) is 1. The Balaban J connectivity index is 2.10. The van der Waals surface area contributed by atoms with Crippen LogP contribution in [0.4, 0.5) is 5.69 Å². The molecular formula is C17H21ClN2. The van der Waals surface area contributed by atoms with E-state index in [1.165, 1.54) is 22.4 Å². The average molecular weight is 289 g/mol. The van der Waals surface area contributed by atoms with E-state index < -0.39 is 0 Å². The number of nitrogens with two attached hydrogens (primary N) is 1. The van der Waals surface area contributed by atoms with E-state index in [1.54, 1.807) is 0 Å². The quantitative estimate of drug-likeness (QED) is 0.907. The Bertz CT molecular complexity index is 564. The molecule has 0 aliphatic heterocycles. The molecule has 3 heteroatoms. The lowest BCUT2D eigenvalue weighted by atomic mass is 10.0. The summed E-state index contributed by atoms with van der Waals surface area (Å²) >= 11 is 5.91. The van der Waals surface area contributed by atoms with Crippen molar-refractivity contribution in [3.8, 4) is 0 Å². The van der Waals surface area contributed by atoms with Crippen molar-refractivity contribution in [3.63, 3.8) is 0 Å². The summed E-state index contributed by atoms with van der Waals surface area (Å²) in [5.74, 6) is 0. The van der Waals surface area contributed by atoms with Crippen molar-refractivity contribution in [2.75, 3.05) is 18.5 Å². The van der Waals surface area contributed by atoms with E-state index in [4.69, 9.17) is 17.3 Å². The second-order valence-electron chi connectivity index (χ2n) is 5.13. The van der Waals surface area contributed by atoms with Gasteiger partial charge < -0.3 is 10.6 Å². The number of hydrogen-bond acceptors (Lipinski definition) is 2. The van der Waals surface area contributed by atoms with Crippen molar-refractivity contribution in [2.24, 2.45) is 5.73 Å². The first-order valence-electron chi connectivity index (χ1n) is 6.85. The predicted octanol–water partition coefficient (Wildman–Crippen LogP) is 3.79. The largest absolute Gasteiger partial charge is 0.370 e. The molecule has 0 unspecified atom stereocenters. The number of aryl methyl sites for hydroxylation is 1. The van der Waals surface area contributed by atoms with Crippen LogP contribution in [0.3, 0.4) is 0 Å². The first-order valence-corrected chi connectivity index (χ1v) is 7.23. The summed E-state index contributed by atoms with van der Waals surface area (Å²) in [5.41, 5.74) is 10.7. The molecule has 0 amide bonds. The summed E-state index contributed by atoms with van der Waals surface area (Å²) in [5, 5.41) is 0.776. The Morgan fingerprint density at radius 2 is 1.80 bits per heavy atom. The number of anilines is 1. The fourth-order valence-corrected chi connectivity index (χ4v) is 2.43. The third-order valence-corrected chi connectivity index (χ3v) is 3.77. The van der Waals surface area contributed by atoms with Crippen LogP contribution in [0.25, 0.3) is 0 Å². The van der Waals surface area contributed by atoms with Crippen LogP contribution >= 0.6 is 11.6 Å². The van der Waals surface area contributed by atoms with Gasteiger partial charge in [0.25, 0.3) is 0 Å². The zero-order valence-corrected chi connectivity index (χ0v) is 12.8. The van der Waals surface area contributed by atoms with Crippen LogP contribution in [0.15, 0.2) is 42.5 Å². The Morgan fingerprint density at radius 3 is 2.40 bits per heavy atom. The molecule has 0 saturated carbocycles. The van der Waals surface area contributed by atoms with Crippen molar-refractivity contribution in [3.05, 3.63) is 64.2 Å². The summed E-state index contributed by atoms with van der Waals surface area (Å²) < 4.78 is 0.